The van der Waals surface area contributed by atoms with Gasteiger partial charge in [0.2, 0.25) is 5.78 Å². The highest BCUT2D eigenvalue weighted by Gasteiger charge is 2.19. The van der Waals surface area contributed by atoms with Gasteiger partial charge < -0.3 is 9.67 Å². The number of aryl methyl sites for hydroxylation is 1. The first kappa shape index (κ1) is 18.7. The van der Waals surface area contributed by atoms with E-state index >= 15 is 0 Å². The van der Waals surface area contributed by atoms with Crippen molar-refractivity contribution in [2.24, 2.45) is 0 Å². The number of carbonyl (C=O) groups is 1. The Bertz CT molecular complexity index is 977. The second-order valence-electron chi connectivity index (χ2n) is 5.67. The van der Waals surface area contributed by atoms with Crippen molar-refractivity contribution >= 4 is 17.5 Å². The summed E-state index contributed by atoms with van der Waals surface area (Å²) < 4.78 is 1.90. The molecule has 1 aromatic heterocycles. The first-order chi connectivity index (χ1) is 12.3. The molecule has 0 unspecified atom stereocenters. The zero-order valence-electron chi connectivity index (χ0n) is 14.4. The summed E-state index contributed by atoms with van der Waals surface area (Å²) in [6.07, 6.45) is 2.95. The molecule has 1 aromatic carbocycles. The summed E-state index contributed by atoms with van der Waals surface area (Å²) >= 11 is 0. The molecule has 0 atom stereocenters. The molecular weight excluding hydrogens is 334 g/mol. The summed E-state index contributed by atoms with van der Waals surface area (Å²) in [5, 5.41) is 31.7. The molecule has 0 spiro atoms. The lowest BCUT2D eigenvalue weighted by Gasteiger charge is -2.07. The number of nitrogens with zero attached hydrogens (tertiary/aromatic N) is 3. The maximum atomic E-state index is 12.7. The molecule has 0 bridgehead atoms. The molecule has 26 heavy (non-hydrogen) atoms. The molecule has 132 valence electrons. The van der Waals surface area contributed by atoms with E-state index in [1.165, 1.54) is 12.1 Å². The van der Waals surface area contributed by atoms with Gasteiger partial charge in [0.25, 0.3) is 5.69 Å². The van der Waals surface area contributed by atoms with Crippen molar-refractivity contribution in [3.63, 3.8) is 0 Å². The number of nitriles is 1. The van der Waals surface area contributed by atoms with Gasteiger partial charge in [-0.3, -0.25) is 14.9 Å². The van der Waals surface area contributed by atoms with Crippen LogP contribution in [-0.4, -0.2) is 15.3 Å². The number of benzene rings is 1. The second kappa shape index (κ2) is 7.49. The second-order valence-corrected chi connectivity index (χ2v) is 5.67. The lowest BCUT2D eigenvalue weighted by molar-refractivity contribution is -0.398. The molecular formula is C19H16N3O4-. The van der Waals surface area contributed by atoms with Crippen LogP contribution in [0.4, 0.5) is 5.69 Å². The number of Topliss-reactive ketones (excluding diaryl/α,β-unsaturated/α-hetero) is 1. The van der Waals surface area contributed by atoms with Gasteiger partial charge in [-0.1, -0.05) is 18.2 Å². The molecule has 2 aromatic rings. The first-order valence-electron chi connectivity index (χ1n) is 7.69. The molecule has 0 radical (unpaired) electrons. The number of ketones is 1. The molecule has 0 N–H and O–H groups in total. The zero-order chi connectivity index (χ0) is 19.4. The fraction of sp³-hybridized carbons (Fsp3) is 0.158. The molecule has 0 fully saturated rings. The van der Waals surface area contributed by atoms with Crippen LogP contribution in [0.3, 0.4) is 0 Å². The van der Waals surface area contributed by atoms with E-state index in [1.807, 2.05) is 17.6 Å². The van der Waals surface area contributed by atoms with Crippen molar-refractivity contribution in [1.29, 1.82) is 5.26 Å². The number of hydrogen-bond donors (Lipinski definition) is 0. The predicted molar refractivity (Wildman–Crippen MR) is 94.6 cm³/mol. The third kappa shape index (κ3) is 3.54. The summed E-state index contributed by atoms with van der Waals surface area (Å²) in [6, 6.07) is 6.95. The minimum absolute atomic E-state index is 0.170. The molecule has 0 aliphatic heterocycles. The van der Waals surface area contributed by atoms with Crippen molar-refractivity contribution in [3.8, 4) is 11.8 Å². The standard InChI is InChI=1S/C19H17N3O4/c1-4-7-21-12(2)8-16(13(21)3)19(24)15(11-20)9-14-5-6-18(23)17(10-14)22(25)26/h4-6,8-10,23H,1,7H2,2-3H3/p-1/b15-9+. The van der Waals surface area contributed by atoms with Crippen molar-refractivity contribution in [2.45, 2.75) is 20.4 Å². The van der Waals surface area contributed by atoms with Crippen LogP contribution in [0.25, 0.3) is 6.08 Å². The molecule has 7 heteroatoms. The average Bonchev–Trinajstić information content (AvgIpc) is 2.88. The van der Waals surface area contributed by atoms with E-state index in [4.69, 9.17) is 0 Å². The van der Waals surface area contributed by atoms with Gasteiger partial charge in [0, 0.05) is 29.6 Å². The number of allylic oxidation sites excluding steroid dienone is 2. The fourth-order valence-corrected chi connectivity index (χ4v) is 2.67. The Morgan fingerprint density at radius 1 is 1.38 bits per heavy atom. The quantitative estimate of drug-likeness (QED) is 0.198. The van der Waals surface area contributed by atoms with E-state index < -0.39 is 22.1 Å². The number of aromatic nitrogens is 1. The number of carbonyl (C=O) groups excluding carboxylic acids is 1. The highest BCUT2D eigenvalue weighted by molar-refractivity contribution is 6.14. The Kier molecular flexibility index (Phi) is 5.38. The topological polar surface area (TPSA) is 112 Å². The van der Waals surface area contributed by atoms with Gasteiger partial charge in [-0.05, 0) is 37.3 Å². The van der Waals surface area contributed by atoms with Crippen LogP contribution in [-0.2, 0) is 6.54 Å². The van der Waals surface area contributed by atoms with Crippen molar-refractivity contribution < 1.29 is 14.8 Å². The monoisotopic (exact) mass is 350 g/mol. The van der Waals surface area contributed by atoms with Crippen LogP contribution < -0.4 is 5.11 Å². The average molecular weight is 350 g/mol. The van der Waals surface area contributed by atoms with Crippen molar-refractivity contribution in [3.05, 3.63) is 75.1 Å². The summed E-state index contributed by atoms with van der Waals surface area (Å²) in [7, 11) is 0. The summed E-state index contributed by atoms with van der Waals surface area (Å²) in [4.78, 5) is 22.8. The molecule has 0 saturated carbocycles. The van der Waals surface area contributed by atoms with Crippen molar-refractivity contribution in [1.82, 2.24) is 4.57 Å². The maximum Gasteiger partial charge on any atom is 0.262 e. The molecule has 1 heterocycles. The minimum Gasteiger partial charge on any atom is -0.868 e. The van der Waals surface area contributed by atoms with Gasteiger partial charge in [-0.2, -0.15) is 5.26 Å². The van der Waals surface area contributed by atoms with Crippen LogP contribution >= 0.6 is 0 Å². The van der Waals surface area contributed by atoms with Gasteiger partial charge in [-0.25, -0.2) is 0 Å². The number of nitro benzene ring substituents is 1. The lowest BCUT2D eigenvalue weighted by atomic mass is 10.0. The van der Waals surface area contributed by atoms with Gasteiger partial charge in [0.05, 0.1) is 4.92 Å². The Labute approximate surface area is 150 Å². The smallest absolute Gasteiger partial charge is 0.262 e. The molecule has 2 rings (SSSR count). The summed E-state index contributed by atoms with van der Waals surface area (Å²) in [5.41, 5.74) is 1.40. The van der Waals surface area contributed by atoms with Crippen LogP contribution in [0.1, 0.15) is 27.3 Å². The third-order valence-corrected chi connectivity index (χ3v) is 3.99. The summed E-state index contributed by atoms with van der Waals surface area (Å²) in [6.45, 7) is 7.83. The highest BCUT2D eigenvalue weighted by Crippen LogP contribution is 2.26. The van der Waals surface area contributed by atoms with Gasteiger partial charge in [0.1, 0.15) is 11.6 Å². The van der Waals surface area contributed by atoms with E-state index in [1.54, 1.807) is 19.1 Å². The maximum absolute atomic E-state index is 12.7. The van der Waals surface area contributed by atoms with E-state index in [9.17, 15) is 25.3 Å². The fourth-order valence-electron chi connectivity index (χ4n) is 2.67. The van der Waals surface area contributed by atoms with Crippen LogP contribution in [0.5, 0.6) is 5.75 Å². The highest BCUT2D eigenvalue weighted by atomic mass is 16.6. The molecule has 0 aliphatic carbocycles. The SMILES string of the molecule is C=CCn1c(C)cc(C(=O)/C(C#N)=C/c2ccc([O-])c([N+](=O)[O-])c2)c1C. The van der Waals surface area contributed by atoms with E-state index in [-0.39, 0.29) is 11.1 Å². The molecule has 0 amide bonds. The minimum atomic E-state index is -0.795. The zero-order valence-corrected chi connectivity index (χ0v) is 14.4. The van der Waals surface area contributed by atoms with Crippen molar-refractivity contribution in [2.75, 3.05) is 0 Å². The van der Waals surface area contributed by atoms with Gasteiger partial charge in [-0.15, -0.1) is 6.58 Å². The Hall–Kier alpha value is -3.66. The van der Waals surface area contributed by atoms with Gasteiger partial charge in [0.15, 0.2) is 0 Å². The third-order valence-electron chi connectivity index (χ3n) is 3.99. The Morgan fingerprint density at radius 3 is 2.65 bits per heavy atom. The first-order valence-corrected chi connectivity index (χ1v) is 7.69. The normalized spacial score (nSPS) is 11.0. The number of rotatable bonds is 6. The van der Waals surface area contributed by atoms with E-state index in [0.29, 0.717) is 17.8 Å². The largest absolute Gasteiger partial charge is 0.868 e. The molecule has 0 aliphatic rings. The van der Waals surface area contributed by atoms with Crippen LogP contribution in [0.15, 0.2) is 42.5 Å². The number of hydrogen-bond acceptors (Lipinski definition) is 5. The molecule has 0 saturated heterocycles. The van der Waals surface area contributed by atoms with E-state index in [0.717, 1.165) is 17.8 Å². The van der Waals surface area contributed by atoms with Crippen LogP contribution in [0.2, 0.25) is 0 Å². The Balaban J connectivity index is 2.48. The number of nitro groups is 1. The van der Waals surface area contributed by atoms with Gasteiger partial charge >= 0.3 is 0 Å². The molecule has 7 nitrogen and oxygen atoms in total. The van der Waals surface area contributed by atoms with Crippen LogP contribution in [0, 0.1) is 35.3 Å². The Morgan fingerprint density at radius 2 is 2.08 bits per heavy atom. The predicted octanol–water partition coefficient (Wildman–Crippen LogP) is 3.06. The summed E-state index contributed by atoms with van der Waals surface area (Å²) in [5.74, 6) is -1.21. The lowest BCUT2D eigenvalue weighted by Crippen LogP contribution is -2.06. The van der Waals surface area contributed by atoms with E-state index in [2.05, 4.69) is 6.58 Å².